The molecule has 0 saturated carbocycles. The van der Waals surface area contributed by atoms with Gasteiger partial charge in [0, 0.05) is 91.0 Å². The predicted molar refractivity (Wildman–Crippen MR) is 207 cm³/mol. The number of ether oxygens (including phenoxy) is 3. The molecule has 2 rings (SSSR count). The molecule has 0 unspecified atom stereocenters. The molecule has 0 bridgehead atoms. The number of carbonyl (C=O) groups is 1. The number of thioether (sulfide) groups is 1. The van der Waals surface area contributed by atoms with Crippen molar-refractivity contribution in [1.29, 1.82) is 0 Å². The number of rotatable bonds is 22. The van der Waals surface area contributed by atoms with Crippen molar-refractivity contribution in [3.8, 4) is 0 Å². The molecule has 0 aromatic heterocycles. The molecular weight excluding hydrogens is 867 g/mol. The van der Waals surface area contributed by atoms with E-state index in [2.05, 4.69) is 58.0 Å². The number of amides is 1. The Morgan fingerprint density at radius 1 is 1.23 bits per heavy atom. The molecule has 2 aliphatic rings. The van der Waals surface area contributed by atoms with Gasteiger partial charge in [-0.15, -0.1) is 11.8 Å². The van der Waals surface area contributed by atoms with Crippen LogP contribution in [-0.2, 0) is 19.0 Å². The number of allylic oxidation sites excluding steroid dienone is 3. The van der Waals surface area contributed by atoms with Crippen LogP contribution in [-0.4, -0.2) is 110 Å². The van der Waals surface area contributed by atoms with Gasteiger partial charge < -0.3 is 31.9 Å². The number of thiocarbonyl (C=S) groups is 1. The average Bonchev–Trinajstić information content (AvgIpc) is 3.74. The van der Waals surface area contributed by atoms with Crippen molar-refractivity contribution in [1.82, 2.24) is 15.1 Å². The fourth-order valence-electron chi connectivity index (χ4n) is 6.61. The Hall–Kier alpha value is -0.508. The van der Waals surface area contributed by atoms with Crippen LogP contribution in [0.15, 0.2) is 42.0 Å². The summed E-state index contributed by atoms with van der Waals surface area (Å²) < 4.78 is 18.4. The number of nitrogens with one attached hydrogen (secondary N) is 1. The zero-order valence-electron chi connectivity index (χ0n) is 31.3. The Morgan fingerprint density at radius 3 is 2.48 bits per heavy atom. The monoisotopic (exact) mass is 934 g/mol. The summed E-state index contributed by atoms with van der Waals surface area (Å²) in [5.41, 5.74) is 1.10. The van der Waals surface area contributed by atoms with Gasteiger partial charge >= 0.3 is 0 Å². The summed E-state index contributed by atoms with van der Waals surface area (Å²) in [7, 11) is 5.45. The van der Waals surface area contributed by atoms with E-state index in [4.69, 9.17) is 31.4 Å². The van der Waals surface area contributed by atoms with Gasteiger partial charge in [-0.25, -0.2) is 0 Å². The topological polar surface area (TPSA) is 75.6 Å². The van der Waals surface area contributed by atoms with Crippen molar-refractivity contribution in [3.63, 3.8) is 0 Å². The second kappa shape index (κ2) is 25.4. The summed E-state index contributed by atoms with van der Waals surface area (Å²) in [5, 5.41) is 4.74. The summed E-state index contributed by atoms with van der Waals surface area (Å²) in [6, 6.07) is 0.204. The van der Waals surface area contributed by atoms with Crippen LogP contribution in [0.5, 0.6) is 0 Å². The quantitative estimate of drug-likeness (QED) is 0.0529. The van der Waals surface area contributed by atoms with E-state index in [1.807, 2.05) is 24.1 Å². The van der Waals surface area contributed by atoms with Gasteiger partial charge in [0.05, 0.1) is 47.7 Å². The number of likely N-dealkylation sites (N-methyl/N-ethyl adjacent to an activating group) is 1. The van der Waals surface area contributed by atoms with E-state index in [0.29, 0.717) is 31.6 Å². The first-order valence-corrected chi connectivity index (χ1v) is 18.5. The predicted octanol–water partition coefficient (Wildman–Crippen LogP) is 7.22. The molecule has 2 heterocycles. The molecule has 48 heavy (non-hydrogen) atoms. The Balaban J connectivity index is 0. The largest absolute Gasteiger partial charge is 0.379 e. The van der Waals surface area contributed by atoms with Crippen molar-refractivity contribution < 1.29 is 51.5 Å². The van der Waals surface area contributed by atoms with Crippen molar-refractivity contribution >= 4 is 39.9 Å². The number of carbonyl (C=O) groups excluding carboxylic acids is 1. The van der Waals surface area contributed by atoms with Gasteiger partial charge in [0.2, 0.25) is 5.91 Å². The second-order valence-corrected chi connectivity index (χ2v) is 14.7. The molecule has 8 nitrogen and oxygen atoms in total. The van der Waals surface area contributed by atoms with Crippen LogP contribution in [0.2, 0.25) is 0 Å². The fraction of sp³-hybridized carbons (Fsp3) is 0.730. The molecule has 7 atom stereocenters. The standard InChI is InChI=1S/C36H62N4O4S2.CH3.U.H2/c1-11-15-28(13-3)23-29(36-37-18-21-46-36)38-35(45)27(7)34(43-10)30-16-14-19-40(30)24-44-20-17-31(42-9)33(26(6)12-2)39(8)32(41)22-25(4)5;;;/h11,13,15,25-27,29-31,33-34H,1,3,12,14,16-24H2,2,4-10H3,(H,38,45);1H3;;1H/q;-1;;/b28-15+;;;/t26-,27+,29-,30-,31+,33-,34+;;;/m0.../s1. The minimum atomic E-state index is -0.0980. The van der Waals surface area contributed by atoms with Gasteiger partial charge in [-0.3, -0.25) is 14.7 Å². The van der Waals surface area contributed by atoms with Crippen LogP contribution in [0.3, 0.4) is 0 Å². The van der Waals surface area contributed by atoms with Gasteiger partial charge in [0.15, 0.2) is 0 Å². The SMILES string of the molecule is C=C/C=C(\C=C)C[C@H](NC(=S)[C@H](C)[C@@H](OC)[C@@H]1CCCN1COCC[C@@H](OC)[C@H]([C@@H](C)CC)N(C)C(=O)CC(C)C)C1=NCCS1.[CH3-].[HH].[U]. The maximum absolute atomic E-state index is 13.0. The molecule has 0 radical (unpaired) electrons. The van der Waals surface area contributed by atoms with Gasteiger partial charge in [-0.2, -0.15) is 0 Å². The first kappa shape index (κ1) is 47.5. The molecule has 0 aliphatic carbocycles. The molecule has 1 saturated heterocycles. The van der Waals surface area contributed by atoms with Crippen LogP contribution in [0, 0.1) is 56.3 Å². The summed E-state index contributed by atoms with van der Waals surface area (Å²) in [6.07, 6.45) is 10.6. The number of nitrogens with zero attached hydrogens (tertiary/aromatic N) is 3. The minimum Gasteiger partial charge on any atom is -0.379 e. The number of hydrogen-bond donors (Lipinski definition) is 1. The molecule has 1 fully saturated rings. The summed E-state index contributed by atoms with van der Waals surface area (Å²) in [5.74, 6) is 1.81. The van der Waals surface area contributed by atoms with E-state index >= 15 is 0 Å². The second-order valence-electron chi connectivity index (χ2n) is 13.1. The number of methoxy groups -OCH3 is 2. The molecule has 0 spiro atoms. The fourth-order valence-corrected chi connectivity index (χ4v) is 7.80. The normalized spacial score (nSPS) is 20.4. The maximum Gasteiger partial charge on any atom is 0.222 e. The molecule has 1 N–H and O–H groups in total. The molecule has 0 aromatic rings. The van der Waals surface area contributed by atoms with Crippen molar-refractivity contribution in [3.05, 3.63) is 44.4 Å². The zero-order chi connectivity index (χ0) is 34.2. The average molecular weight is 934 g/mol. The maximum atomic E-state index is 13.0. The van der Waals surface area contributed by atoms with Crippen molar-refractivity contribution in [2.45, 2.75) is 103 Å². The van der Waals surface area contributed by atoms with E-state index in [1.54, 1.807) is 32.1 Å². The molecule has 1 amide bonds. The van der Waals surface area contributed by atoms with E-state index in [1.165, 1.54) is 0 Å². The Morgan fingerprint density at radius 2 is 1.94 bits per heavy atom. The third-order valence-electron chi connectivity index (χ3n) is 9.37. The van der Waals surface area contributed by atoms with E-state index in [-0.39, 0.29) is 82.1 Å². The summed E-state index contributed by atoms with van der Waals surface area (Å²) in [4.78, 5) is 22.8. The van der Waals surface area contributed by atoms with Gasteiger partial charge in [-0.1, -0.05) is 84.6 Å². The van der Waals surface area contributed by atoms with E-state index in [0.717, 1.165) is 66.6 Å². The van der Waals surface area contributed by atoms with Crippen LogP contribution in [0.4, 0.5) is 0 Å². The molecule has 276 valence electrons. The van der Waals surface area contributed by atoms with Crippen LogP contribution in [0.25, 0.3) is 0 Å². The minimum absolute atomic E-state index is 0. The van der Waals surface area contributed by atoms with Crippen LogP contribution in [0.1, 0.15) is 74.6 Å². The zero-order valence-corrected chi connectivity index (χ0v) is 37.1. The molecule has 2 aliphatic heterocycles. The Bertz CT molecular complexity index is 1050. The third-order valence-corrected chi connectivity index (χ3v) is 11.0. The molecule has 0 aromatic carbocycles. The van der Waals surface area contributed by atoms with Gasteiger partial charge in [0.1, 0.15) is 0 Å². The first-order valence-electron chi connectivity index (χ1n) is 17.1. The van der Waals surface area contributed by atoms with E-state index in [9.17, 15) is 4.79 Å². The third kappa shape index (κ3) is 14.6. The number of hydrogen-bond acceptors (Lipinski definition) is 8. The summed E-state index contributed by atoms with van der Waals surface area (Å²) >= 11 is 7.81. The molecular formula is C37H67N4O4S2U-. The van der Waals surface area contributed by atoms with Crippen molar-refractivity contribution in [2.24, 2.45) is 22.7 Å². The van der Waals surface area contributed by atoms with Gasteiger partial charge in [0.25, 0.3) is 0 Å². The molecule has 11 heteroatoms. The van der Waals surface area contributed by atoms with Crippen molar-refractivity contribution in [2.75, 3.05) is 53.4 Å². The van der Waals surface area contributed by atoms with Crippen LogP contribution >= 0.6 is 24.0 Å². The Kier molecular flexibility index (Phi) is 25.2. The summed E-state index contributed by atoms with van der Waals surface area (Å²) in [6.45, 7) is 21.4. The Labute approximate surface area is 328 Å². The number of likely N-dealkylation sites (tertiary alicyclic amines) is 1. The van der Waals surface area contributed by atoms with Gasteiger partial charge in [-0.05, 0) is 43.1 Å². The van der Waals surface area contributed by atoms with Crippen LogP contribution < -0.4 is 5.32 Å². The number of aliphatic imine (C=N–C) groups is 1. The first-order chi connectivity index (χ1) is 22.0. The smallest absolute Gasteiger partial charge is 0.222 e. The van der Waals surface area contributed by atoms with E-state index < -0.39 is 0 Å².